The lowest BCUT2D eigenvalue weighted by atomic mass is 10.2. The van der Waals surface area contributed by atoms with Gasteiger partial charge in [0.25, 0.3) is 0 Å². The molecule has 1 aromatic carbocycles. The van der Waals surface area contributed by atoms with Crippen molar-refractivity contribution in [2.45, 2.75) is 18.6 Å². The summed E-state index contributed by atoms with van der Waals surface area (Å²) in [5.74, 6) is 1.07. The van der Waals surface area contributed by atoms with Gasteiger partial charge in [-0.2, -0.15) is 0 Å². The summed E-state index contributed by atoms with van der Waals surface area (Å²) in [5.41, 5.74) is 1.92. The molecular formula is C15H17N3O2S. The van der Waals surface area contributed by atoms with Crippen LogP contribution in [0.5, 0.6) is 5.75 Å². The average Bonchev–Trinajstić information content (AvgIpc) is 2.51. The summed E-state index contributed by atoms with van der Waals surface area (Å²) in [6.45, 7) is 2.40. The number of aromatic nitrogens is 2. The van der Waals surface area contributed by atoms with Crippen LogP contribution in [0, 0.1) is 6.92 Å². The Kier molecular flexibility index (Phi) is 5.57. The zero-order valence-corrected chi connectivity index (χ0v) is 12.8. The second-order valence-electron chi connectivity index (χ2n) is 4.39. The molecule has 0 saturated heterocycles. The van der Waals surface area contributed by atoms with Crippen LogP contribution in [-0.4, -0.2) is 28.7 Å². The van der Waals surface area contributed by atoms with E-state index in [0.29, 0.717) is 17.5 Å². The Morgan fingerprint density at radius 2 is 2.05 bits per heavy atom. The number of nitrogens with zero attached hydrogens (tertiary/aromatic N) is 2. The number of benzene rings is 1. The van der Waals surface area contributed by atoms with Crippen molar-refractivity contribution >= 4 is 17.7 Å². The molecule has 1 aromatic heterocycles. The lowest BCUT2D eigenvalue weighted by Gasteiger charge is -2.06. The molecule has 0 saturated carbocycles. The van der Waals surface area contributed by atoms with Gasteiger partial charge in [-0.3, -0.25) is 4.79 Å². The maximum Gasteiger partial charge on any atom is 0.230 e. The standard InChI is InChI=1S/C15H17N3O2S/c1-11-7-8-16-15(18-11)21-10-14(19)17-9-12-3-5-13(20-2)6-4-12/h3-8H,9-10H2,1-2H3,(H,17,19). The molecule has 2 aromatic rings. The second kappa shape index (κ2) is 7.64. The zero-order valence-electron chi connectivity index (χ0n) is 12.0. The summed E-state index contributed by atoms with van der Waals surface area (Å²) in [4.78, 5) is 20.1. The smallest absolute Gasteiger partial charge is 0.230 e. The highest BCUT2D eigenvalue weighted by atomic mass is 32.2. The lowest BCUT2D eigenvalue weighted by Crippen LogP contribution is -2.24. The van der Waals surface area contributed by atoms with Crippen molar-refractivity contribution in [3.8, 4) is 5.75 Å². The number of carbonyl (C=O) groups excluding carboxylic acids is 1. The first-order valence-corrected chi connectivity index (χ1v) is 7.48. The number of rotatable bonds is 6. The van der Waals surface area contributed by atoms with Crippen molar-refractivity contribution in [2.75, 3.05) is 12.9 Å². The molecule has 0 aliphatic rings. The van der Waals surface area contributed by atoms with E-state index in [-0.39, 0.29) is 5.91 Å². The number of carbonyl (C=O) groups is 1. The summed E-state index contributed by atoms with van der Waals surface area (Å²) in [6, 6.07) is 9.42. The molecule has 1 amide bonds. The number of thioether (sulfide) groups is 1. The second-order valence-corrected chi connectivity index (χ2v) is 5.34. The largest absolute Gasteiger partial charge is 0.497 e. The topological polar surface area (TPSA) is 64.1 Å². The predicted octanol–water partition coefficient (Wildman–Crippen LogP) is 2.20. The van der Waals surface area contributed by atoms with Crippen molar-refractivity contribution in [2.24, 2.45) is 0 Å². The molecule has 1 N–H and O–H groups in total. The van der Waals surface area contributed by atoms with Crippen molar-refractivity contribution in [1.29, 1.82) is 0 Å². The minimum Gasteiger partial charge on any atom is -0.497 e. The summed E-state index contributed by atoms with van der Waals surface area (Å²) >= 11 is 1.33. The van der Waals surface area contributed by atoms with Gasteiger partial charge in [0.1, 0.15) is 5.75 Å². The van der Waals surface area contributed by atoms with Crippen LogP contribution in [0.25, 0.3) is 0 Å². The molecule has 6 heteroatoms. The lowest BCUT2D eigenvalue weighted by molar-refractivity contribution is -0.118. The molecule has 0 fully saturated rings. The van der Waals surface area contributed by atoms with Gasteiger partial charge in [0, 0.05) is 18.4 Å². The number of hydrogen-bond acceptors (Lipinski definition) is 5. The van der Waals surface area contributed by atoms with Crippen molar-refractivity contribution < 1.29 is 9.53 Å². The Morgan fingerprint density at radius 3 is 2.71 bits per heavy atom. The van der Waals surface area contributed by atoms with Crippen LogP contribution in [0.1, 0.15) is 11.3 Å². The van der Waals surface area contributed by atoms with Gasteiger partial charge >= 0.3 is 0 Å². The summed E-state index contributed by atoms with van der Waals surface area (Å²) < 4.78 is 5.09. The van der Waals surface area contributed by atoms with E-state index in [9.17, 15) is 4.79 Å². The first kappa shape index (κ1) is 15.3. The van der Waals surface area contributed by atoms with Gasteiger partial charge in [-0.15, -0.1) is 0 Å². The molecule has 110 valence electrons. The number of ether oxygens (including phenoxy) is 1. The van der Waals surface area contributed by atoms with Gasteiger partial charge in [-0.1, -0.05) is 23.9 Å². The van der Waals surface area contributed by atoms with Gasteiger partial charge in [-0.25, -0.2) is 9.97 Å². The van der Waals surface area contributed by atoms with E-state index in [0.717, 1.165) is 17.0 Å². The van der Waals surface area contributed by atoms with Gasteiger partial charge in [0.15, 0.2) is 5.16 Å². The van der Waals surface area contributed by atoms with Crippen LogP contribution in [-0.2, 0) is 11.3 Å². The first-order chi connectivity index (χ1) is 10.2. The van der Waals surface area contributed by atoms with E-state index in [1.165, 1.54) is 11.8 Å². The number of hydrogen-bond donors (Lipinski definition) is 1. The number of nitrogens with one attached hydrogen (secondary N) is 1. The molecule has 0 radical (unpaired) electrons. The van der Waals surface area contributed by atoms with E-state index in [2.05, 4.69) is 15.3 Å². The highest BCUT2D eigenvalue weighted by molar-refractivity contribution is 7.99. The van der Waals surface area contributed by atoms with Crippen LogP contribution in [0.2, 0.25) is 0 Å². The van der Waals surface area contributed by atoms with Crippen molar-refractivity contribution in [1.82, 2.24) is 15.3 Å². The molecule has 2 rings (SSSR count). The summed E-state index contributed by atoms with van der Waals surface area (Å²) in [5, 5.41) is 3.49. The molecule has 5 nitrogen and oxygen atoms in total. The fraction of sp³-hybridized carbons (Fsp3) is 0.267. The SMILES string of the molecule is COc1ccc(CNC(=O)CSc2nccc(C)n2)cc1. The van der Waals surface area contributed by atoms with Gasteiger partial charge in [-0.05, 0) is 30.7 Å². The van der Waals surface area contributed by atoms with Crippen LogP contribution in [0.15, 0.2) is 41.7 Å². The number of methoxy groups -OCH3 is 1. The van der Waals surface area contributed by atoms with Gasteiger partial charge in [0.05, 0.1) is 12.9 Å². The number of amides is 1. The van der Waals surface area contributed by atoms with Gasteiger partial charge in [0.2, 0.25) is 5.91 Å². The summed E-state index contributed by atoms with van der Waals surface area (Å²) in [6.07, 6.45) is 1.69. The highest BCUT2D eigenvalue weighted by Gasteiger charge is 2.05. The fourth-order valence-corrected chi connectivity index (χ4v) is 2.33. The third-order valence-electron chi connectivity index (χ3n) is 2.75. The molecule has 21 heavy (non-hydrogen) atoms. The molecule has 0 unspecified atom stereocenters. The Labute approximate surface area is 128 Å². The van der Waals surface area contributed by atoms with Crippen LogP contribution in [0.3, 0.4) is 0 Å². The highest BCUT2D eigenvalue weighted by Crippen LogP contribution is 2.13. The summed E-state index contributed by atoms with van der Waals surface area (Å²) in [7, 11) is 1.63. The van der Waals surface area contributed by atoms with Crippen LogP contribution >= 0.6 is 11.8 Å². The average molecular weight is 303 g/mol. The first-order valence-electron chi connectivity index (χ1n) is 6.49. The Hall–Kier alpha value is -2.08. The fourth-order valence-electron chi connectivity index (χ4n) is 1.62. The molecule has 0 atom stereocenters. The van der Waals surface area contributed by atoms with E-state index >= 15 is 0 Å². The van der Waals surface area contributed by atoms with Crippen molar-refractivity contribution in [3.63, 3.8) is 0 Å². The maximum atomic E-state index is 11.8. The van der Waals surface area contributed by atoms with Crippen LogP contribution < -0.4 is 10.1 Å². The quantitative estimate of drug-likeness (QED) is 0.655. The van der Waals surface area contributed by atoms with E-state index in [4.69, 9.17) is 4.74 Å². The number of aryl methyl sites for hydroxylation is 1. The monoisotopic (exact) mass is 303 g/mol. The van der Waals surface area contributed by atoms with E-state index in [1.807, 2.05) is 37.3 Å². The third kappa shape index (κ3) is 5.07. The molecular weight excluding hydrogens is 286 g/mol. The predicted molar refractivity (Wildman–Crippen MR) is 82.3 cm³/mol. The zero-order chi connectivity index (χ0) is 15.1. The molecule has 0 spiro atoms. The van der Waals surface area contributed by atoms with Crippen LogP contribution in [0.4, 0.5) is 0 Å². The minimum atomic E-state index is -0.0408. The van der Waals surface area contributed by atoms with Crippen molar-refractivity contribution in [3.05, 3.63) is 47.8 Å². The van der Waals surface area contributed by atoms with E-state index in [1.54, 1.807) is 13.3 Å². The normalized spacial score (nSPS) is 10.2. The van der Waals surface area contributed by atoms with Gasteiger partial charge < -0.3 is 10.1 Å². The Bertz CT molecular complexity index is 602. The Balaban J connectivity index is 1.76. The Morgan fingerprint density at radius 1 is 1.29 bits per heavy atom. The molecule has 0 bridgehead atoms. The molecule has 0 aliphatic carbocycles. The minimum absolute atomic E-state index is 0.0408. The van der Waals surface area contributed by atoms with E-state index < -0.39 is 0 Å². The maximum absolute atomic E-state index is 11.8. The third-order valence-corrected chi connectivity index (χ3v) is 3.62. The molecule has 1 heterocycles. The molecule has 0 aliphatic heterocycles.